The van der Waals surface area contributed by atoms with Crippen LogP contribution in [0.4, 0.5) is 13.2 Å². The molecule has 0 aromatic heterocycles. The van der Waals surface area contributed by atoms with Crippen LogP contribution in [0.2, 0.25) is 0 Å². The van der Waals surface area contributed by atoms with Gasteiger partial charge in [-0.1, -0.05) is 0 Å². The lowest BCUT2D eigenvalue weighted by Crippen LogP contribution is -2.41. The molecule has 0 bridgehead atoms. The van der Waals surface area contributed by atoms with E-state index in [0.29, 0.717) is 0 Å². The number of methoxy groups -OCH3 is 2. The van der Waals surface area contributed by atoms with Crippen LogP contribution in [-0.2, 0) is 9.47 Å². The van der Waals surface area contributed by atoms with Crippen molar-refractivity contribution in [3.05, 3.63) is 0 Å². The predicted octanol–water partition coefficient (Wildman–Crippen LogP) is 0.742. The molecule has 1 unspecified atom stereocenters. The van der Waals surface area contributed by atoms with Crippen LogP contribution in [0.5, 0.6) is 0 Å². The molecule has 0 rings (SSSR count). The molecule has 0 amide bonds. The molecule has 74 valence electrons. The van der Waals surface area contributed by atoms with Gasteiger partial charge in [-0.15, -0.1) is 0 Å². The van der Waals surface area contributed by atoms with E-state index < -0.39 is 24.9 Å². The number of nitrogens with two attached hydrogens (primary N) is 1. The Bertz CT molecular complexity index is 124. The second kappa shape index (κ2) is 4.64. The number of ether oxygens (including phenoxy) is 2. The van der Waals surface area contributed by atoms with Crippen molar-refractivity contribution in [2.75, 3.05) is 20.8 Å². The summed E-state index contributed by atoms with van der Waals surface area (Å²) in [6.07, 6.45) is -5.71. The van der Waals surface area contributed by atoms with Crippen molar-refractivity contribution < 1.29 is 22.6 Å². The SMILES string of the molecule is COC(OC)C(CN)C(F)(F)F. The fourth-order valence-electron chi connectivity index (χ4n) is 0.824. The molecule has 0 saturated carbocycles. The summed E-state index contributed by atoms with van der Waals surface area (Å²) in [6, 6.07) is 0. The maximum atomic E-state index is 12.1. The molecule has 2 N–H and O–H groups in total. The van der Waals surface area contributed by atoms with Crippen LogP contribution in [0, 0.1) is 5.92 Å². The molecule has 0 aliphatic rings. The maximum Gasteiger partial charge on any atom is 0.397 e. The van der Waals surface area contributed by atoms with Crippen molar-refractivity contribution in [2.45, 2.75) is 12.5 Å². The maximum absolute atomic E-state index is 12.1. The van der Waals surface area contributed by atoms with E-state index in [0.717, 1.165) is 14.2 Å². The van der Waals surface area contributed by atoms with Gasteiger partial charge in [0.25, 0.3) is 0 Å². The first-order valence-corrected chi connectivity index (χ1v) is 3.29. The zero-order valence-electron chi connectivity index (χ0n) is 6.89. The summed E-state index contributed by atoms with van der Waals surface area (Å²) in [5.74, 6) is -1.77. The van der Waals surface area contributed by atoms with Gasteiger partial charge in [0.1, 0.15) is 5.92 Å². The number of hydrogen-bond donors (Lipinski definition) is 1. The van der Waals surface area contributed by atoms with E-state index >= 15 is 0 Å². The molecule has 12 heavy (non-hydrogen) atoms. The molecule has 0 aromatic rings. The largest absolute Gasteiger partial charge is 0.397 e. The first kappa shape index (κ1) is 11.7. The minimum absolute atomic E-state index is 0.546. The van der Waals surface area contributed by atoms with E-state index in [1.165, 1.54) is 0 Å². The van der Waals surface area contributed by atoms with Crippen molar-refractivity contribution in [2.24, 2.45) is 11.7 Å². The third-order valence-corrected chi connectivity index (χ3v) is 1.47. The second-order valence-electron chi connectivity index (χ2n) is 2.22. The Morgan fingerprint density at radius 2 is 1.67 bits per heavy atom. The second-order valence-corrected chi connectivity index (χ2v) is 2.22. The van der Waals surface area contributed by atoms with Gasteiger partial charge >= 0.3 is 6.18 Å². The highest BCUT2D eigenvalue weighted by molar-refractivity contribution is 4.71. The lowest BCUT2D eigenvalue weighted by molar-refractivity contribution is -0.249. The lowest BCUT2D eigenvalue weighted by atomic mass is 10.1. The van der Waals surface area contributed by atoms with E-state index in [4.69, 9.17) is 5.73 Å². The zero-order valence-corrected chi connectivity index (χ0v) is 6.89. The van der Waals surface area contributed by atoms with Crippen LogP contribution >= 0.6 is 0 Å². The first-order valence-electron chi connectivity index (χ1n) is 3.29. The summed E-state index contributed by atoms with van der Waals surface area (Å²) in [4.78, 5) is 0. The minimum Gasteiger partial charge on any atom is -0.355 e. The van der Waals surface area contributed by atoms with Crippen LogP contribution in [0.1, 0.15) is 0 Å². The van der Waals surface area contributed by atoms with E-state index in [9.17, 15) is 13.2 Å². The van der Waals surface area contributed by atoms with Crippen molar-refractivity contribution in [1.29, 1.82) is 0 Å². The normalized spacial score (nSPS) is 15.2. The van der Waals surface area contributed by atoms with Crippen LogP contribution in [0.15, 0.2) is 0 Å². The molecular weight excluding hydrogens is 175 g/mol. The average Bonchev–Trinajstić information content (AvgIpc) is 1.97. The number of alkyl halides is 3. The predicted molar refractivity (Wildman–Crippen MR) is 36.4 cm³/mol. The number of hydrogen-bond acceptors (Lipinski definition) is 3. The highest BCUT2D eigenvalue weighted by Gasteiger charge is 2.44. The number of rotatable bonds is 4. The van der Waals surface area contributed by atoms with Crippen molar-refractivity contribution in [3.8, 4) is 0 Å². The molecule has 0 heterocycles. The Morgan fingerprint density at radius 3 is 1.75 bits per heavy atom. The van der Waals surface area contributed by atoms with E-state index in [1.807, 2.05) is 0 Å². The zero-order chi connectivity index (χ0) is 9.78. The molecule has 0 aliphatic heterocycles. The van der Waals surface area contributed by atoms with Gasteiger partial charge < -0.3 is 15.2 Å². The van der Waals surface area contributed by atoms with Gasteiger partial charge in [0, 0.05) is 20.8 Å². The van der Waals surface area contributed by atoms with Crippen molar-refractivity contribution in [1.82, 2.24) is 0 Å². The average molecular weight is 187 g/mol. The van der Waals surface area contributed by atoms with Gasteiger partial charge in [0.05, 0.1) is 0 Å². The molecular formula is C6H12F3NO2. The van der Waals surface area contributed by atoms with Gasteiger partial charge in [-0.05, 0) is 0 Å². The van der Waals surface area contributed by atoms with E-state index in [1.54, 1.807) is 0 Å². The standard InChI is InChI=1S/C6H12F3NO2/c1-11-5(12-2)4(3-10)6(7,8)9/h4-5H,3,10H2,1-2H3. The highest BCUT2D eigenvalue weighted by Crippen LogP contribution is 2.29. The molecule has 0 spiro atoms. The van der Waals surface area contributed by atoms with E-state index in [2.05, 4.69) is 9.47 Å². The fourth-order valence-corrected chi connectivity index (χ4v) is 0.824. The van der Waals surface area contributed by atoms with Crippen LogP contribution in [-0.4, -0.2) is 33.2 Å². The summed E-state index contributed by atoms with van der Waals surface area (Å²) in [5.41, 5.74) is 4.93. The van der Waals surface area contributed by atoms with Gasteiger partial charge in [-0.2, -0.15) is 13.2 Å². The highest BCUT2D eigenvalue weighted by atomic mass is 19.4. The van der Waals surface area contributed by atoms with Crippen molar-refractivity contribution >= 4 is 0 Å². The van der Waals surface area contributed by atoms with Gasteiger partial charge in [-0.3, -0.25) is 0 Å². The Hall–Kier alpha value is -0.330. The van der Waals surface area contributed by atoms with Crippen LogP contribution < -0.4 is 5.73 Å². The molecule has 0 saturated heterocycles. The van der Waals surface area contributed by atoms with Gasteiger partial charge in [0.15, 0.2) is 6.29 Å². The third-order valence-electron chi connectivity index (χ3n) is 1.47. The third kappa shape index (κ3) is 2.96. The van der Waals surface area contributed by atoms with E-state index in [-0.39, 0.29) is 0 Å². The summed E-state index contributed by atoms with van der Waals surface area (Å²) in [7, 11) is 2.28. The smallest absolute Gasteiger partial charge is 0.355 e. The summed E-state index contributed by atoms with van der Waals surface area (Å²) in [5, 5.41) is 0. The quantitative estimate of drug-likeness (QED) is 0.660. The van der Waals surface area contributed by atoms with Gasteiger partial charge in [-0.25, -0.2) is 0 Å². The minimum atomic E-state index is -4.38. The van der Waals surface area contributed by atoms with Gasteiger partial charge in [0.2, 0.25) is 0 Å². The lowest BCUT2D eigenvalue weighted by Gasteiger charge is -2.25. The molecule has 6 heteroatoms. The van der Waals surface area contributed by atoms with Crippen LogP contribution in [0.3, 0.4) is 0 Å². The molecule has 0 aromatic carbocycles. The van der Waals surface area contributed by atoms with Crippen molar-refractivity contribution in [3.63, 3.8) is 0 Å². The topological polar surface area (TPSA) is 44.5 Å². The molecule has 0 fully saturated rings. The first-order chi connectivity index (χ1) is 5.47. The fraction of sp³-hybridized carbons (Fsp3) is 1.00. The van der Waals surface area contributed by atoms with Crippen LogP contribution in [0.25, 0.3) is 0 Å². The molecule has 0 radical (unpaired) electrons. The molecule has 0 aliphatic carbocycles. The Labute approximate surface area is 68.6 Å². The number of halogens is 3. The summed E-state index contributed by atoms with van der Waals surface area (Å²) < 4.78 is 45.2. The summed E-state index contributed by atoms with van der Waals surface area (Å²) in [6.45, 7) is -0.546. The summed E-state index contributed by atoms with van der Waals surface area (Å²) >= 11 is 0. The Morgan fingerprint density at radius 1 is 1.25 bits per heavy atom. The Kier molecular flexibility index (Phi) is 4.51. The molecule has 3 nitrogen and oxygen atoms in total. The Balaban J connectivity index is 4.31. The molecule has 1 atom stereocenters. The monoisotopic (exact) mass is 187 g/mol.